The molecular weight excluding hydrogens is 655 g/mol. The van der Waals surface area contributed by atoms with Crippen LogP contribution in [0, 0.1) is 0 Å². The molecule has 10 rings (SSSR count). The summed E-state index contributed by atoms with van der Waals surface area (Å²) >= 11 is 0. The molecule has 0 fully saturated rings. The third-order valence-electron chi connectivity index (χ3n) is 10.5. The number of aromatic nitrogens is 2. The fourth-order valence-electron chi connectivity index (χ4n) is 8.00. The maximum Gasteiger partial charge on any atom is 0.139 e. The molecule has 0 aliphatic carbocycles. The number of H-pyrrole nitrogens is 1. The lowest BCUT2D eigenvalue weighted by Gasteiger charge is -2.19. The van der Waals surface area contributed by atoms with Crippen LogP contribution in [0.2, 0.25) is 0 Å². The topological polar surface area (TPSA) is 41.0 Å². The lowest BCUT2D eigenvalue weighted by molar-refractivity contribution is 1.31. The normalized spacial score (nSPS) is 12.8. The number of aromatic amines is 1. The molecule has 3 heteroatoms. The van der Waals surface area contributed by atoms with Gasteiger partial charge in [0.2, 0.25) is 0 Å². The Hall–Kier alpha value is -7.10. The minimum absolute atomic E-state index is 0.719. The zero-order valence-electron chi connectivity index (χ0n) is 29.6. The van der Waals surface area contributed by atoms with E-state index in [4.69, 9.17) is 9.98 Å². The molecule has 254 valence electrons. The summed E-state index contributed by atoms with van der Waals surface area (Å²) in [6.07, 6.45) is 0.719. The SMILES string of the molecule is c1ccc(C2=C(c3ccccc3)N=C(c3ccc4ccccc4c3-c3c(-c4nc(-c5ccccc5)c(-c5ccccc5)[nH]4)ccc4ccccc34)C2)cc1. The first-order valence-corrected chi connectivity index (χ1v) is 18.5. The van der Waals surface area contributed by atoms with Crippen molar-refractivity contribution in [2.45, 2.75) is 6.42 Å². The summed E-state index contributed by atoms with van der Waals surface area (Å²) in [4.78, 5) is 14.8. The van der Waals surface area contributed by atoms with Gasteiger partial charge in [0.1, 0.15) is 5.82 Å². The Balaban J connectivity index is 1.25. The number of hydrogen-bond acceptors (Lipinski definition) is 2. The molecule has 1 aromatic heterocycles. The summed E-state index contributed by atoms with van der Waals surface area (Å²) < 4.78 is 0. The van der Waals surface area contributed by atoms with Crippen molar-refractivity contribution < 1.29 is 0 Å². The second-order valence-corrected chi connectivity index (χ2v) is 13.8. The van der Waals surface area contributed by atoms with E-state index in [1.54, 1.807) is 0 Å². The third kappa shape index (κ3) is 5.55. The van der Waals surface area contributed by atoms with Crippen molar-refractivity contribution in [3.05, 3.63) is 211 Å². The molecular formula is C51H35N3. The average molecular weight is 690 g/mol. The van der Waals surface area contributed by atoms with E-state index in [-0.39, 0.29) is 0 Å². The number of imidazole rings is 1. The quantitative estimate of drug-likeness (QED) is 0.178. The molecule has 0 saturated heterocycles. The fraction of sp³-hybridized carbons (Fsp3) is 0.0196. The summed E-state index contributed by atoms with van der Waals surface area (Å²) in [5, 5.41) is 4.71. The summed E-state index contributed by atoms with van der Waals surface area (Å²) in [6.45, 7) is 0. The monoisotopic (exact) mass is 689 g/mol. The van der Waals surface area contributed by atoms with Crippen LogP contribution in [0.1, 0.15) is 23.1 Å². The first-order valence-electron chi connectivity index (χ1n) is 18.5. The molecule has 1 aliphatic heterocycles. The highest BCUT2D eigenvalue weighted by Crippen LogP contribution is 2.46. The molecule has 54 heavy (non-hydrogen) atoms. The number of rotatable bonds is 7. The Morgan fingerprint density at radius 1 is 0.407 bits per heavy atom. The summed E-state index contributed by atoms with van der Waals surface area (Å²) in [7, 11) is 0. The van der Waals surface area contributed by atoms with Crippen molar-refractivity contribution in [3.63, 3.8) is 0 Å². The number of hydrogen-bond donors (Lipinski definition) is 1. The lowest BCUT2D eigenvalue weighted by atomic mass is 9.84. The van der Waals surface area contributed by atoms with Gasteiger partial charge in [0.05, 0.1) is 22.8 Å². The van der Waals surface area contributed by atoms with Gasteiger partial charge in [-0.1, -0.05) is 188 Å². The molecule has 0 amide bonds. The number of aliphatic imine (C=N–C) groups is 1. The Bertz CT molecular complexity index is 2810. The molecule has 9 aromatic rings. The zero-order chi connectivity index (χ0) is 35.8. The van der Waals surface area contributed by atoms with Gasteiger partial charge < -0.3 is 4.98 Å². The summed E-state index contributed by atoms with van der Waals surface area (Å²) in [5.41, 5.74) is 14.2. The van der Waals surface area contributed by atoms with E-state index in [9.17, 15) is 0 Å². The van der Waals surface area contributed by atoms with Crippen LogP contribution in [0.5, 0.6) is 0 Å². The van der Waals surface area contributed by atoms with Gasteiger partial charge in [-0.25, -0.2) is 4.98 Å². The number of allylic oxidation sites excluding steroid dienone is 1. The van der Waals surface area contributed by atoms with Gasteiger partial charge in [0, 0.05) is 39.8 Å². The van der Waals surface area contributed by atoms with Gasteiger partial charge in [-0.15, -0.1) is 0 Å². The van der Waals surface area contributed by atoms with E-state index < -0.39 is 0 Å². The highest BCUT2D eigenvalue weighted by atomic mass is 14.9. The molecule has 1 N–H and O–H groups in total. The molecule has 2 heterocycles. The predicted octanol–water partition coefficient (Wildman–Crippen LogP) is 13.1. The number of nitrogens with zero attached hydrogens (tertiary/aromatic N) is 2. The molecule has 1 aliphatic rings. The first-order chi connectivity index (χ1) is 26.8. The van der Waals surface area contributed by atoms with Crippen LogP contribution in [0.15, 0.2) is 199 Å². The number of fused-ring (bicyclic) bond motifs is 2. The number of benzene rings is 8. The maximum atomic E-state index is 5.53. The van der Waals surface area contributed by atoms with Crippen molar-refractivity contribution in [1.29, 1.82) is 0 Å². The van der Waals surface area contributed by atoms with Crippen molar-refractivity contribution in [2.24, 2.45) is 4.99 Å². The van der Waals surface area contributed by atoms with Crippen LogP contribution in [0.3, 0.4) is 0 Å². The molecule has 0 atom stereocenters. The van der Waals surface area contributed by atoms with Gasteiger partial charge in [-0.2, -0.15) is 0 Å². The zero-order valence-corrected chi connectivity index (χ0v) is 29.6. The highest BCUT2D eigenvalue weighted by Gasteiger charge is 2.27. The fourth-order valence-corrected chi connectivity index (χ4v) is 8.00. The Kier molecular flexibility index (Phi) is 7.88. The van der Waals surface area contributed by atoms with Gasteiger partial charge in [-0.05, 0) is 44.3 Å². The summed E-state index contributed by atoms with van der Waals surface area (Å²) in [5.74, 6) is 0.828. The Morgan fingerprint density at radius 3 is 1.50 bits per heavy atom. The van der Waals surface area contributed by atoms with Crippen molar-refractivity contribution in [2.75, 3.05) is 0 Å². The van der Waals surface area contributed by atoms with E-state index in [0.29, 0.717) is 0 Å². The van der Waals surface area contributed by atoms with Gasteiger partial charge in [0.15, 0.2) is 0 Å². The summed E-state index contributed by atoms with van der Waals surface area (Å²) in [6, 6.07) is 68.7. The van der Waals surface area contributed by atoms with Crippen LogP contribution in [0.25, 0.3) is 77.8 Å². The smallest absolute Gasteiger partial charge is 0.139 e. The molecule has 0 bridgehead atoms. The molecule has 0 unspecified atom stereocenters. The minimum atomic E-state index is 0.719. The minimum Gasteiger partial charge on any atom is -0.337 e. The highest BCUT2D eigenvalue weighted by molar-refractivity contribution is 6.24. The molecule has 3 nitrogen and oxygen atoms in total. The largest absolute Gasteiger partial charge is 0.337 e. The number of nitrogens with one attached hydrogen (secondary N) is 1. The van der Waals surface area contributed by atoms with E-state index in [1.165, 1.54) is 38.2 Å². The second-order valence-electron chi connectivity index (χ2n) is 13.8. The van der Waals surface area contributed by atoms with E-state index in [2.05, 4.69) is 199 Å². The molecule has 0 spiro atoms. The van der Waals surface area contributed by atoms with E-state index in [0.717, 1.165) is 68.4 Å². The van der Waals surface area contributed by atoms with Crippen molar-refractivity contribution in [3.8, 4) is 45.0 Å². The Labute approximate surface area is 314 Å². The molecule has 0 radical (unpaired) electrons. The van der Waals surface area contributed by atoms with Crippen LogP contribution in [0.4, 0.5) is 0 Å². The third-order valence-corrected chi connectivity index (χ3v) is 10.5. The average Bonchev–Trinajstić information content (AvgIpc) is 3.91. The Morgan fingerprint density at radius 2 is 0.889 bits per heavy atom. The lowest BCUT2D eigenvalue weighted by Crippen LogP contribution is -2.03. The predicted molar refractivity (Wildman–Crippen MR) is 226 cm³/mol. The van der Waals surface area contributed by atoms with E-state index in [1.807, 2.05) is 0 Å². The van der Waals surface area contributed by atoms with Gasteiger partial charge in [-0.3, -0.25) is 4.99 Å². The maximum absolute atomic E-state index is 5.53. The van der Waals surface area contributed by atoms with Gasteiger partial charge in [0.25, 0.3) is 0 Å². The molecule has 8 aromatic carbocycles. The van der Waals surface area contributed by atoms with Crippen LogP contribution >= 0.6 is 0 Å². The second kappa shape index (κ2) is 13.5. The van der Waals surface area contributed by atoms with Crippen molar-refractivity contribution >= 4 is 38.5 Å². The van der Waals surface area contributed by atoms with Crippen LogP contribution < -0.4 is 0 Å². The van der Waals surface area contributed by atoms with E-state index >= 15 is 0 Å². The van der Waals surface area contributed by atoms with Crippen LogP contribution in [-0.4, -0.2) is 15.7 Å². The van der Waals surface area contributed by atoms with Gasteiger partial charge >= 0.3 is 0 Å². The standard InChI is InChI=1S/C51H35N3/c1-5-17-34(18-6-1)44-33-45(52-48(44)37-21-7-2-8-22-37)42-31-29-35-19-13-15-27-40(35)46(42)47-41-28-16-14-20-36(41)30-32-43(47)51-53-49(38-23-9-3-10-24-38)50(54-51)39-25-11-4-12-26-39/h1-32H,33H2,(H,53,54). The van der Waals surface area contributed by atoms with Crippen LogP contribution in [-0.2, 0) is 0 Å². The first kappa shape index (κ1) is 31.6. The van der Waals surface area contributed by atoms with Crippen molar-refractivity contribution in [1.82, 2.24) is 9.97 Å². The molecule has 0 saturated carbocycles.